The van der Waals surface area contributed by atoms with Crippen LogP contribution < -0.4 is 0 Å². The van der Waals surface area contributed by atoms with Crippen molar-refractivity contribution in [3.8, 4) is 0 Å². The standard InChI is InChI=1S/C21H27ClN2O2/c1-26-13-5-12-24(21(25)18-7-3-8-18)16-20-10-4-11-23(20)15-17-6-2-9-19(22)14-17/h2,4,6,9-11,14,18H,3,5,7-8,12-13,15-16H2,1H3. The molecule has 3 rings (SSSR count). The zero-order valence-electron chi connectivity index (χ0n) is 15.4. The van der Waals surface area contributed by atoms with Gasteiger partial charge in [0, 0.05) is 49.6 Å². The van der Waals surface area contributed by atoms with Gasteiger partial charge in [-0.3, -0.25) is 4.79 Å². The maximum absolute atomic E-state index is 12.8. The van der Waals surface area contributed by atoms with Crippen molar-refractivity contribution in [3.05, 3.63) is 58.9 Å². The molecule has 0 spiro atoms. The van der Waals surface area contributed by atoms with Gasteiger partial charge in [-0.25, -0.2) is 0 Å². The van der Waals surface area contributed by atoms with Crippen molar-refractivity contribution in [1.82, 2.24) is 9.47 Å². The SMILES string of the molecule is COCCCN(Cc1cccn1Cc1cccc(Cl)c1)C(=O)C1CCC1. The van der Waals surface area contributed by atoms with E-state index in [1.807, 2.05) is 29.2 Å². The molecule has 0 aliphatic heterocycles. The molecule has 1 amide bonds. The van der Waals surface area contributed by atoms with E-state index in [2.05, 4.69) is 22.9 Å². The summed E-state index contributed by atoms with van der Waals surface area (Å²) in [6, 6.07) is 12.1. The molecule has 1 aromatic heterocycles. The summed E-state index contributed by atoms with van der Waals surface area (Å²) in [5.74, 6) is 0.511. The predicted molar refractivity (Wildman–Crippen MR) is 104 cm³/mol. The fourth-order valence-corrected chi connectivity index (χ4v) is 3.57. The lowest BCUT2D eigenvalue weighted by molar-refractivity contribution is -0.139. The quantitative estimate of drug-likeness (QED) is 0.611. The molecular formula is C21H27ClN2O2. The summed E-state index contributed by atoms with van der Waals surface area (Å²) in [6.07, 6.45) is 6.17. The molecule has 0 radical (unpaired) electrons. The predicted octanol–water partition coefficient (Wildman–Crippen LogP) is 4.36. The second kappa shape index (κ2) is 9.24. The van der Waals surface area contributed by atoms with Crippen LogP contribution in [-0.4, -0.2) is 35.6 Å². The van der Waals surface area contributed by atoms with Gasteiger partial charge in [0.05, 0.1) is 6.54 Å². The van der Waals surface area contributed by atoms with Gasteiger partial charge in [-0.1, -0.05) is 30.2 Å². The normalized spacial score (nSPS) is 14.2. The highest BCUT2D eigenvalue weighted by atomic mass is 35.5. The third-order valence-corrected chi connectivity index (χ3v) is 5.30. The number of amides is 1. The second-order valence-corrected chi connectivity index (χ2v) is 7.43. The minimum Gasteiger partial charge on any atom is -0.385 e. The largest absolute Gasteiger partial charge is 0.385 e. The first kappa shape index (κ1) is 19.0. The van der Waals surface area contributed by atoms with Gasteiger partial charge in [0.25, 0.3) is 0 Å². The minimum atomic E-state index is 0.217. The Kier molecular flexibility index (Phi) is 6.75. The summed E-state index contributed by atoms with van der Waals surface area (Å²) in [5, 5.41) is 0.748. The van der Waals surface area contributed by atoms with Crippen molar-refractivity contribution >= 4 is 17.5 Å². The van der Waals surface area contributed by atoms with Crippen molar-refractivity contribution in [2.75, 3.05) is 20.3 Å². The molecule has 0 atom stereocenters. The molecule has 4 nitrogen and oxygen atoms in total. The Hall–Kier alpha value is -1.78. The summed E-state index contributed by atoms with van der Waals surface area (Å²) >= 11 is 6.10. The Morgan fingerprint density at radius 3 is 2.85 bits per heavy atom. The number of benzene rings is 1. The van der Waals surface area contributed by atoms with Crippen molar-refractivity contribution in [2.24, 2.45) is 5.92 Å². The maximum atomic E-state index is 12.8. The highest BCUT2D eigenvalue weighted by molar-refractivity contribution is 6.30. The molecule has 5 heteroatoms. The lowest BCUT2D eigenvalue weighted by atomic mass is 9.84. The van der Waals surface area contributed by atoms with Gasteiger partial charge < -0.3 is 14.2 Å². The fraction of sp³-hybridized carbons (Fsp3) is 0.476. The Morgan fingerprint density at radius 2 is 2.15 bits per heavy atom. The molecule has 26 heavy (non-hydrogen) atoms. The molecule has 0 N–H and O–H groups in total. The molecule has 1 aliphatic rings. The number of carbonyl (C=O) groups excluding carboxylic acids is 1. The summed E-state index contributed by atoms with van der Waals surface area (Å²) in [5.41, 5.74) is 2.31. The number of carbonyl (C=O) groups is 1. The van der Waals surface area contributed by atoms with E-state index in [0.717, 1.165) is 48.6 Å². The van der Waals surface area contributed by atoms with Crippen LogP contribution in [0.5, 0.6) is 0 Å². The Bertz CT molecular complexity index is 724. The molecule has 1 heterocycles. The molecule has 140 valence electrons. The summed E-state index contributed by atoms with van der Waals surface area (Å²) in [6.45, 7) is 2.82. The molecule has 1 saturated carbocycles. The second-order valence-electron chi connectivity index (χ2n) is 6.99. The summed E-state index contributed by atoms with van der Waals surface area (Å²) in [4.78, 5) is 14.8. The number of nitrogens with zero attached hydrogens (tertiary/aromatic N) is 2. The molecule has 0 saturated heterocycles. The monoisotopic (exact) mass is 374 g/mol. The number of hydrogen-bond acceptors (Lipinski definition) is 2. The van der Waals surface area contributed by atoms with Crippen LogP contribution in [-0.2, 0) is 22.6 Å². The molecule has 0 bridgehead atoms. The molecule has 2 aromatic rings. The Labute approximate surface area is 160 Å². The van der Waals surface area contributed by atoms with E-state index < -0.39 is 0 Å². The van der Waals surface area contributed by atoms with Crippen LogP contribution >= 0.6 is 11.6 Å². The summed E-state index contributed by atoms with van der Waals surface area (Å²) < 4.78 is 7.36. The highest BCUT2D eigenvalue weighted by Gasteiger charge is 2.29. The van der Waals surface area contributed by atoms with E-state index in [4.69, 9.17) is 16.3 Å². The van der Waals surface area contributed by atoms with Crippen LogP contribution in [0.3, 0.4) is 0 Å². The van der Waals surface area contributed by atoms with E-state index in [9.17, 15) is 4.79 Å². The van der Waals surface area contributed by atoms with Gasteiger partial charge in [0.2, 0.25) is 5.91 Å². The summed E-state index contributed by atoms with van der Waals surface area (Å²) in [7, 11) is 1.70. The lowest BCUT2D eigenvalue weighted by Crippen LogP contribution is -2.39. The van der Waals surface area contributed by atoms with Crippen LogP contribution in [0.15, 0.2) is 42.6 Å². The zero-order valence-corrected chi connectivity index (χ0v) is 16.1. The lowest BCUT2D eigenvalue weighted by Gasteiger charge is -2.32. The average Bonchev–Trinajstić information content (AvgIpc) is 2.99. The van der Waals surface area contributed by atoms with E-state index >= 15 is 0 Å². The van der Waals surface area contributed by atoms with E-state index in [1.165, 1.54) is 6.42 Å². The van der Waals surface area contributed by atoms with E-state index in [0.29, 0.717) is 19.1 Å². The van der Waals surface area contributed by atoms with Crippen LogP contribution in [0.2, 0.25) is 5.02 Å². The van der Waals surface area contributed by atoms with Gasteiger partial charge in [0.15, 0.2) is 0 Å². The molecule has 1 aliphatic carbocycles. The van der Waals surface area contributed by atoms with Gasteiger partial charge >= 0.3 is 0 Å². The Balaban J connectivity index is 1.69. The smallest absolute Gasteiger partial charge is 0.226 e. The van der Waals surface area contributed by atoms with E-state index in [-0.39, 0.29) is 5.92 Å². The van der Waals surface area contributed by atoms with E-state index in [1.54, 1.807) is 7.11 Å². The van der Waals surface area contributed by atoms with Crippen LogP contribution in [0, 0.1) is 5.92 Å². The highest BCUT2D eigenvalue weighted by Crippen LogP contribution is 2.29. The molecule has 0 unspecified atom stereocenters. The van der Waals surface area contributed by atoms with Crippen LogP contribution in [0.1, 0.15) is 36.9 Å². The van der Waals surface area contributed by atoms with Gasteiger partial charge in [-0.2, -0.15) is 0 Å². The number of methoxy groups -OCH3 is 1. The first-order valence-electron chi connectivity index (χ1n) is 9.33. The molecule has 1 fully saturated rings. The number of halogens is 1. The average molecular weight is 375 g/mol. The number of rotatable bonds is 9. The van der Waals surface area contributed by atoms with Crippen LogP contribution in [0.25, 0.3) is 0 Å². The molecular weight excluding hydrogens is 348 g/mol. The van der Waals surface area contributed by atoms with Crippen molar-refractivity contribution in [1.29, 1.82) is 0 Å². The topological polar surface area (TPSA) is 34.5 Å². The fourth-order valence-electron chi connectivity index (χ4n) is 3.36. The third-order valence-electron chi connectivity index (χ3n) is 5.06. The Morgan fingerprint density at radius 1 is 1.31 bits per heavy atom. The first-order valence-corrected chi connectivity index (χ1v) is 9.71. The van der Waals surface area contributed by atoms with Crippen molar-refractivity contribution < 1.29 is 9.53 Å². The van der Waals surface area contributed by atoms with Crippen molar-refractivity contribution in [3.63, 3.8) is 0 Å². The zero-order chi connectivity index (χ0) is 18.4. The number of hydrogen-bond donors (Lipinski definition) is 0. The third kappa shape index (κ3) is 4.89. The number of ether oxygens (including phenoxy) is 1. The first-order chi connectivity index (χ1) is 12.7. The van der Waals surface area contributed by atoms with Crippen LogP contribution in [0.4, 0.5) is 0 Å². The molecule has 1 aromatic carbocycles. The maximum Gasteiger partial charge on any atom is 0.226 e. The minimum absolute atomic E-state index is 0.217. The van der Waals surface area contributed by atoms with Crippen molar-refractivity contribution in [2.45, 2.75) is 38.8 Å². The van der Waals surface area contributed by atoms with Gasteiger partial charge in [-0.15, -0.1) is 0 Å². The van der Waals surface area contributed by atoms with Gasteiger partial charge in [-0.05, 0) is 49.1 Å². The van der Waals surface area contributed by atoms with Gasteiger partial charge in [0.1, 0.15) is 0 Å². The number of aromatic nitrogens is 1.